The van der Waals surface area contributed by atoms with Crippen LogP contribution in [0.5, 0.6) is 0 Å². The maximum absolute atomic E-state index is 13.0. The number of ketones is 1. The number of para-hydroxylation sites is 1. The molecule has 1 saturated carbocycles. The van der Waals surface area contributed by atoms with Gasteiger partial charge in [-0.05, 0) is 25.0 Å². The van der Waals surface area contributed by atoms with Crippen LogP contribution in [0.3, 0.4) is 0 Å². The largest absolute Gasteiger partial charge is 0.329 e. The zero-order valence-electron chi connectivity index (χ0n) is 12.0. The molecule has 2 N–H and O–H groups in total. The average molecular weight is 284 g/mol. The Morgan fingerprint density at radius 3 is 2.57 bits per heavy atom. The lowest BCUT2D eigenvalue weighted by molar-refractivity contribution is 0.0720. The van der Waals surface area contributed by atoms with Crippen molar-refractivity contribution in [2.24, 2.45) is 11.1 Å². The molecule has 0 atom stereocenters. The molecule has 0 radical (unpaired) electrons. The van der Waals surface area contributed by atoms with Crippen LogP contribution in [0.25, 0.3) is 5.69 Å². The lowest BCUT2D eigenvalue weighted by atomic mass is 9.70. The summed E-state index contributed by atoms with van der Waals surface area (Å²) in [6.45, 7) is 0.395. The summed E-state index contributed by atoms with van der Waals surface area (Å²) in [7, 11) is 0. The van der Waals surface area contributed by atoms with Gasteiger partial charge in [0.25, 0.3) is 0 Å². The third-order valence-corrected chi connectivity index (χ3v) is 4.47. The first-order valence-electron chi connectivity index (χ1n) is 7.48. The normalized spacial score (nSPS) is 17.6. The zero-order chi connectivity index (χ0) is 14.7. The molecule has 0 saturated heterocycles. The molecular weight excluding hydrogens is 264 g/mol. The average Bonchev–Trinajstić information content (AvgIpc) is 3.05. The van der Waals surface area contributed by atoms with Gasteiger partial charge in [0.1, 0.15) is 5.69 Å². The predicted molar refractivity (Wildman–Crippen MR) is 80.3 cm³/mol. The first-order chi connectivity index (χ1) is 10.3. The van der Waals surface area contributed by atoms with Crippen molar-refractivity contribution in [1.82, 2.24) is 15.0 Å². The fourth-order valence-electron chi connectivity index (χ4n) is 3.17. The fraction of sp³-hybridized carbons (Fsp3) is 0.438. The van der Waals surface area contributed by atoms with Crippen molar-refractivity contribution >= 4 is 5.78 Å². The Balaban J connectivity index is 1.97. The highest BCUT2D eigenvalue weighted by atomic mass is 16.1. The number of hydrogen-bond acceptors (Lipinski definition) is 4. The van der Waals surface area contributed by atoms with E-state index in [0.29, 0.717) is 12.2 Å². The first-order valence-corrected chi connectivity index (χ1v) is 7.48. The molecule has 1 heterocycles. The second-order valence-electron chi connectivity index (χ2n) is 5.74. The molecule has 5 heteroatoms. The van der Waals surface area contributed by atoms with E-state index < -0.39 is 5.41 Å². The summed E-state index contributed by atoms with van der Waals surface area (Å²) in [4.78, 5) is 13.0. The third-order valence-electron chi connectivity index (χ3n) is 4.47. The maximum atomic E-state index is 13.0. The van der Waals surface area contributed by atoms with Crippen LogP contribution in [0, 0.1) is 5.41 Å². The highest BCUT2D eigenvalue weighted by Crippen LogP contribution is 2.38. The molecule has 0 aliphatic heterocycles. The van der Waals surface area contributed by atoms with Crippen molar-refractivity contribution in [3.63, 3.8) is 0 Å². The summed E-state index contributed by atoms with van der Waals surface area (Å²) in [5.74, 6) is 0.0820. The molecule has 1 fully saturated rings. The molecule has 0 unspecified atom stereocenters. The Labute approximate surface area is 124 Å². The second kappa shape index (κ2) is 5.77. The Bertz CT molecular complexity index is 614. The summed E-state index contributed by atoms with van der Waals surface area (Å²) in [6, 6.07) is 9.61. The third kappa shape index (κ3) is 2.49. The van der Waals surface area contributed by atoms with E-state index in [0.717, 1.165) is 31.4 Å². The maximum Gasteiger partial charge on any atom is 0.190 e. The number of benzene rings is 1. The van der Waals surface area contributed by atoms with Gasteiger partial charge in [-0.15, -0.1) is 5.10 Å². The van der Waals surface area contributed by atoms with Gasteiger partial charge in [-0.1, -0.05) is 42.7 Å². The topological polar surface area (TPSA) is 73.8 Å². The van der Waals surface area contributed by atoms with Gasteiger partial charge in [0.2, 0.25) is 0 Å². The molecule has 1 aliphatic carbocycles. The Hall–Kier alpha value is -2.01. The van der Waals surface area contributed by atoms with E-state index in [2.05, 4.69) is 10.3 Å². The Kier molecular flexibility index (Phi) is 3.84. The molecule has 2 aromatic rings. The van der Waals surface area contributed by atoms with E-state index in [1.54, 1.807) is 10.9 Å². The van der Waals surface area contributed by atoms with E-state index in [4.69, 9.17) is 5.73 Å². The van der Waals surface area contributed by atoms with Crippen LogP contribution in [0.2, 0.25) is 0 Å². The van der Waals surface area contributed by atoms with E-state index >= 15 is 0 Å². The summed E-state index contributed by atoms with van der Waals surface area (Å²) in [5.41, 5.74) is 6.91. The van der Waals surface area contributed by atoms with Gasteiger partial charge < -0.3 is 5.73 Å². The van der Waals surface area contributed by atoms with Crippen LogP contribution < -0.4 is 5.73 Å². The molecule has 1 aliphatic rings. The molecule has 3 rings (SSSR count). The number of nitrogens with two attached hydrogens (primary N) is 1. The van der Waals surface area contributed by atoms with Crippen LogP contribution in [-0.4, -0.2) is 27.3 Å². The van der Waals surface area contributed by atoms with Crippen molar-refractivity contribution in [3.05, 3.63) is 42.2 Å². The van der Waals surface area contributed by atoms with Crippen molar-refractivity contribution in [1.29, 1.82) is 0 Å². The van der Waals surface area contributed by atoms with Gasteiger partial charge in [0.05, 0.1) is 11.9 Å². The number of carbonyl (C=O) groups is 1. The van der Waals surface area contributed by atoms with Gasteiger partial charge in [0.15, 0.2) is 5.78 Å². The van der Waals surface area contributed by atoms with Crippen molar-refractivity contribution in [3.8, 4) is 5.69 Å². The van der Waals surface area contributed by atoms with Crippen molar-refractivity contribution < 1.29 is 4.79 Å². The second-order valence-corrected chi connectivity index (χ2v) is 5.74. The molecule has 1 aromatic heterocycles. The zero-order valence-corrected chi connectivity index (χ0v) is 12.0. The van der Waals surface area contributed by atoms with E-state index in [1.807, 2.05) is 30.3 Å². The minimum absolute atomic E-state index is 0.0820. The minimum Gasteiger partial charge on any atom is -0.329 e. The van der Waals surface area contributed by atoms with Gasteiger partial charge >= 0.3 is 0 Å². The van der Waals surface area contributed by atoms with Gasteiger partial charge in [0, 0.05) is 12.0 Å². The van der Waals surface area contributed by atoms with E-state index in [1.165, 1.54) is 6.42 Å². The van der Waals surface area contributed by atoms with E-state index in [9.17, 15) is 4.79 Å². The highest BCUT2D eigenvalue weighted by Gasteiger charge is 2.40. The smallest absolute Gasteiger partial charge is 0.190 e. The number of carbonyl (C=O) groups excluding carboxylic acids is 1. The molecular formula is C16H20N4O. The lowest BCUT2D eigenvalue weighted by Gasteiger charge is -2.34. The molecule has 0 amide bonds. The summed E-state index contributed by atoms with van der Waals surface area (Å²) in [6.07, 6.45) is 6.60. The highest BCUT2D eigenvalue weighted by molar-refractivity contribution is 5.99. The predicted octanol–water partition coefficient (Wildman–Crippen LogP) is 2.36. The first kappa shape index (κ1) is 13.9. The summed E-state index contributed by atoms with van der Waals surface area (Å²) in [5, 5.41) is 8.00. The SMILES string of the molecule is NCC1(C(=O)c2cnnn2-c2ccccc2)CCCCC1. The number of nitrogens with zero attached hydrogens (tertiary/aromatic N) is 3. The molecule has 21 heavy (non-hydrogen) atoms. The molecule has 110 valence electrons. The number of rotatable bonds is 4. The van der Waals surface area contributed by atoms with Crippen LogP contribution in [0.1, 0.15) is 42.6 Å². The van der Waals surface area contributed by atoms with Crippen LogP contribution >= 0.6 is 0 Å². The number of aromatic nitrogens is 3. The minimum atomic E-state index is -0.438. The molecule has 0 spiro atoms. The van der Waals surface area contributed by atoms with Gasteiger partial charge in [-0.25, -0.2) is 4.68 Å². The lowest BCUT2D eigenvalue weighted by Crippen LogP contribution is -2.41. The number of hydrogen-bond donors (Lipinski definition) is 1. The van der Waals surface area contributed by atoms with Crippen LogP contribution in [-0.2, 0) is 0 Å². The molecule has 1 aromatic carbocycles. The summed E-state index contributed by atoms with van der Waals surface area (Å²) >= 11 is 0. The molecule has 5 nitrogen and oxygen atoms in total. The van der Waals surface area contributed by atoms with Gasteiger partial charge in [-0.2, -0.15) is 0 Å². The Morgan fingerprint density at radius 1 is 1.19 bits per heavy atom. The fourth-order valence-corrected chi connectivity index (χ4v) is 3.17. The van der Waals surface area contributed by atoms with Crippen molar-refractivity contribution in [2.75, 3.05) is 6.54 Å². The molecule has 0 bridgehead atoms. The van der Waals surface area contributed by atoms with Crippen LogP contribution in [0.4, 0.5) is 0 Å². The van der Waals surface area contributed by atoms with Crippen LogP contribution in [0.15, 0.2) is 36.5 Å². The quantitative estimate of drug-likeness (QED) is 0.875. The van der Waals surface area contributed by atoms with E-state index in [-0.39, 0.29) is 5.78 Å². The monoisotopic (exact) mass is 284 g/mol. The van der Waals surface area contributed by atoms with Gasteiger partial charge in [-0.3, -0.25) is 4.79 Å². The Morgan fingerprint density at radius 2 is 1.90 bits per heavy atom. The summed E-state index contributed by atoms with van der Waals surface area (Å²) < 4.78 is 1.62. The standard InChI is InChI=1S/C16H20N4O/c17-12-16(9-5-2-6-10-16)15(21)14-11-18-19-20(14)13-7-3-1-4-8-13/h1,3-4,7-8,11H,2,5-6,9-10,12,17H2. The van der Waals surface area contributed by atoms with Crippen molar-refractivity contribution in [2.45, 2.75) is 32.1 Å². The number of Topliss-reactive ketones (excluding diaryl/α,β-unsaturated/α-hetero) is 1.